The number of fused-ring (bicyclic) bond motifs is 5. The van der Waals surface area contributed by atoms with E-state index in [-0.39, 0.29) is 5.78 Å². The van der Waals surface area contributed by atoms with Crippen molar-refractivity contribution in [2.75, 3.05) is 0 Å². The molecule has 0 bridgehead atoms. The lowest BCUT2D eigenvalue weighted by molar-refractivity contribution is 0.104. The topological polar surface area (TPSA) is 17.1 Å². The molecular formula is C23H14OS. The molecule has 3 aromatic carbocycles. The van der Waals surface area contributed by atoms with Gasteiger partial charge in [-0.2, -0.15) is 0 Å². The van der Waals surface area contributed by atoms with Gasteiger partial charge in [-0.3, -0.25) is 4.79 Å². The Morgan fingerprint density at radius 1 is 0.760 bits per heavy atom. The molecule has 1 nitrogen and oxygen atoms in total. The van der Waals surface area contributed by atoms with E-state index in [9.17, 15) is 4.79 Å². The van der Waals surface area contributed by atoms with Gasteiger partial charge in [0, 0.05) is 21.2 Å². The lowest BCUT2D eigenvalue weighted by Gasteiger charge is -2.18. The largest absolute Gasteiger partial charge is 0.288 e. The fourth-order valence-electron chi connectivity index (χ4n) is 3.85. The van der Waals surface area contributed by atoms with Crippen LogP contribution >= 0.6 is 11.3 Å². The molecule has 0 saturated carbocycles. The van der Waals surface area contributed by atoms with Gasteiger partial charge in [0.05, 0.1) is 4.88 Å². The summed E-state index contributed by atoms with van der Waals surface area (Å²) < 4.78 is 1.04. The first-order valence-electron chi connectivity index (χ1n) is 8.08. The average molecular weight is 338 g/mol. The van der Waals surface area contributed by atoms with Crippen molar-refractivity contribution in [2.45, 2.75) is 0 Å². The third kappa shape index (κ3) is 1.70. The number of benzene rings is 3. The van der Waals surface area contributed by atoms with Crippen molar-refractivity contribution >= 4 is 56.7 Å². The van der Waals surface area contributed by atoms with Gasteiger partial charge in [0.2, 0.25) is 5.78 Å². The summed E-state index contributed by atoms with van der Waals surface area (Å²) in [5.41, 5.74) is 3.48. The normalized spacial score (nSPS) is 13.3. The Hall–Kier alpha value is -2.97. The summed E-state index contributed by atoms with van der Waals surface area (Å²) in [6, 6.07) is 15.8. The van der Waals surface area contributed by atoms with E-state index >= 15 is 0 Å². The third-order valence-corrected chi connectivity index (χ3v) is 6.31. The Morgan fingerprint density at radius 3 is 2.08 bits per heavy atom. The summed E-state index contributed by atoms with van der Waals surface area (Å²) in [5, 5.41) is 5.11. The highest BCUT2D eigenvalue weighted by atomic mass is 32.1. The van der Waals surface area contributed by atoms with Gasteiger partial charge >= 0.3 is 0 Å². The van der Waals surface area contributed by atoms with E-state index in [1.165, 1.54) is 11.3 Å². The van der Waals surface area contributed by atoms with E-state index in [2.05, 4.69) is 31.9 Å². The van der Waals surface area contributed by atoms with Crippen LogP contribution < -0.4 is 10.4 Å². The van der Waals surface area contributed by atoms with E-state index < -0.39 is 0 Å². The lowest BCUT2D eigenvalue weighted by Crippen LogP contribution is -2.14. The minimum Gasteiger partial charge on any atom is -0.288 e. The number of hydrogen-bond donors (Lipinski definition) is 0. The van der Waals surface area contributed by atoms with E-state index in [0.717, 1.165) is 58.4 Å². The number of ketones is 1. The van der Waals surface area contributed by atoms with Crippen molar-refractivity contribution < 1.29 is 4.79 Å². The van der Waals surface area contributed by atoms with Crippen molar-refractivity contribution in [3.8, 4) is 0 Å². The molecule has 0 fully saturated rings. The molecule has 0 atom stereocenters. The summed E-state index contributed by atoms with van der Waals surface area (Å²) in [7, 11) is 0. The zero-order valence-corrected chi connectivity index (χ0v) is 14.4. The van der Waals surface area contributed by atoms with Gasteiger partial charge < -0.3 is 0 Å². The summed E-state index contributed by atoms with van der Waals surface area (Å²) >= 11 is 1.52. The number of thiophene rings is 1. The first kappa shape index (κ1) is 14.4. The summed E-state index contributed by atoms with van der Waals surface area (Å²) in [6.07, 6.45) is 0. The molecule has 4 aromatic rings. The van der Waals surface area contributed by atoms with Crippen LogP contribution in [-0.2, 0) is 0 Å². The molecule has 0 unspecified atom stereocenters. The maximum atomic E-state index is 13.1. The molecule has 0 spiro atoms. The van der Waals surface area contributed by atoms with Crippen molar-refractivity contribution in [1.82, 2.24) is 0 Å². The van der Waals surface area contributed by atoms with Crippen molar-refractivity contribution in [3.63, 3.8) is 0 Å². The zero-order chi connectivity index (χ0) is 17.3. The Bertz CT molecular complexity index is 1350. The molecule has 5 rings (SSSR count). The van der Waals surface area contributed by atoms with Crippen LogP contribution in [0, 0.1) is 0 Å². The molecule has 2 heteroatoms. The molecule has 0 aliphatic heterocycles. The molecule has 25 heavy (non-hydrogen) atoms. The van der Waals surface area contributed by atoms with Crippen LogP contribution in [0.4, 0.5) is 0 Å². The Labute approximate surface area is 148 Å². The Balaban J connectivity index is 2.03. The van der Waals surface area contributed by atoms with Gasteiger partial charge in [-0.1, -0.05) is 68.3 Å². The molecule has 1 heterocycles. The molecule has 0 amide bonds. The number of rotatable bonds is 0. The third-order valence-electron chi connectivity index (χ3n) is 5.07. The van der Waals surface area contributed by atoms with Gasteiger partial charge in [-0.15, -0.1) is 11.3 Å². The van der Waals surface area contributed by atoms with Gasteiger partial charge in [-0.25, -0.2) is 0 Å². The molecule has 1 aliphatic rings. The van der Waals surface area contributed by atoms with Crippen molar-refractivity contribution in [1.29, 1.82) is 0 Å². The highest BCUT2D eigenvalue weighted by Crippen LogP contribution is 2.42. The zero-order valence-electron chi connectivity index (χ0n) is 13.6. The fraction of sp³-hybridized carbons (Fsp3) is 0. The second-order valence-corrected chi connectivity index (χ2v) is 7.39. The Kier molecular flexibility index (Phi) is 2.75. The first-order chi connectivity index (χ1) is 12.1. The minimum absolute atomic E-state index is 0.0713. The summed E-state index contributed by atoms with van der Waals surface area (Å²) in [4.78, 5) is 13.8. The SMILES string of the molecule is C=C1c2ccccc2C(=O)c2sc3c(=C)c4ccccc4c(=C)c3c21. The van der Waals surface area contributed by atoms with E-state index in [0.29, 0.717) is 0 Å². The first-order valence-corrected chi connectivity index (χ1v) is 8.89. The second-order valence-electron chi connectivity index (χ2n) is 6.37. The van der Waals surface area contributed by atoms with Crippen LogP contribution in [0.25, 0.3) is 39.6 Å². The molecule has 0 radical (unpaired) electrons. The van der Waals surface area contributed by atoms with E-state index in [1.54, 1.807) is 0 Å². The average Bonchev–Trinajstić information content (AvgIpc) is 3.06. The highest BCUT2D eigenvalue weighted by Gasteiger charge is 2.30. The van der Waals surface area contributed by atoms with Gasteiger partial charge in [0.25, 0.3) is 0 Å². The van der Waals surface area contributed by atoms with Crippen molar-refractivity contribution in [2.24, 2.45) is 0 Å². The van der Waals surface area contributed by atoms with Crippen LogP contribution in [0.3, 0.4) is 0 Å². The van der Waals surface area contributed by atoms with Crippen LogP contribution in [0.1, 0.15) is 26.4 Å². The number of carbonyl (C=O) groups is 1. The maximum Gasteiger partial charge on any atom is 0.204 e. The second kappa shape index (κ2) is 4.78. The molecule has 1 aromatic heterocycles. The Morgan fingerprint density at radius 2 is 1.36 bits per heavy atom. The number of hydrogen-bond acceptors (Lipinski definition) is 2. The molecule has 1 aliphatic carbocycles. The predicted molar refractivity (Wildman–Crippen MR) is 108 cm³/mol. The lowest BCUT2D eigenvalue weighted by atomic mass is 9.84. The molecule has 118 valence electrons. The fourth-order valence-corrected chi connectivity index (χ4v) is 5.14. The smallest absolute Gasteiger partial charge is 0.204 e. The van der Waals surface area contributed by atoms with E-state index in [1.807, 2.05) is 36.4 Å². The summed E-state index contributed by atoms with van der Waals surface area (Å²) in [6.45, 7) is 13.0. The molecular weight excluding hydrogens is 324 g/mol. The number of carbonyl (C=O) groups excluding carboxylic acids is 1. The predicted octanol–water partition coefficient (Wildman–Crippen LogP) is 4.48. The van der Waals surface area contributed by atoms with Crippen LogP contribution in [-0.4, -0.2) is 5.78 Å². The van der Waals surface area contributed by atoms with Crippen LogP contribution in [0.2, 0.25) is 0 Å². The quantitative estimate of drug-likeness (QED) is 0.407. The van der Waals surface area contributed by atoms with Gasteiger partial charge in [-0.05, 0) is 32.3 Å². The highest BCUT2D eigenvalue weighted by molar-refractivity contribution is 7.21. The van der Waals surface area contributed by atoms with Crippen LogP contribution in [0.15, 0.2) is 55.1 Å². The maximum absolute atomic E-state index is 13.1. The van der Waals surface area contributed by atoms with E-state index in [4.69, 9.17) is 0 Å². The molecule has 0 N–H and O–H groups in total. The standard InChI is InChI=1S/C23H14OS/c1-12-15-8-4-5-10-17(15)14(3)22-19(12)20-13(2)16-9-6-7-11-18(16)21(24)23(20)25-22/h4-11H,1-3H2. The summed E-state index contributed by atoms with van der Waals surface area (Å²) in [5.74, 6) is 0.0713. The van der Waals surface area contributed by atoms with Gasteiger partial charge in [0.1, 0.15) is 0 Å². The monoisotopic (exact) mass is 338 g/mol. The minimum atomic E-state index is 0.0713. The van der Waals surface area contributed by atoms with Crippen LogP contribution in [0.5, 0.6) is 0 Å². The van der Waals surface area contributed by atoms with Crippen molar-refractivity contribution in [3.05, 3.63) is 87.1 Å². The van der Waals surface area contributed by atoms with Gasteiger partial charge in [0.15, 0.2) is 0 Å². The molecule has 0 saturated heterocycles.